The van der Waals surface area contributed by atoms with Crippen molar-refractivity contribution in [1.29, 1.82) is 0 Å². The SMILES string of the molecule is C[N+]1=C(C=CC2=C(Cl)C(CCC3=[N+](C)c4ccc5ccccc5c4C3(C)C)CCC2)C(C)(C)c2c1ccc1ccccc21. The molecule has 1 atom stereocenters. The van der Waals surface area contributed by atoms with E-state index in [1.165, 1.54) is 73.9 Å². The van der Waals surface area contributed by atoms with E-state index >= 15 is 0 Å². The molecule has 0 N–H and O–H groups in total. The molecule has 0 saturated heterocycles. The topological polar surface area (TPSA) is 6.02 Å². The monoisotopic (exact) mass is 586 g/mol. The van der Waals surface area contributed by atoms with E-state index in [2.05, 4.69) is 136 Å². The van der Waals surface area contributed by atoms with Gasteiger partial charge in [-0.2, -0.15) is 4.58 Å². The van der Waals surface area contributed by atoms with Crippen molar-refractivity contribution in [2.45, 2.75) is 70.6 Å². The number of benzene rings is 4. The second kappa shape index (κ2) is 10.3. The van der Waals surface area contributed by atoms with Crippen molar-refractivity contribution in [2.24, 2.45) is 5.92 Å². The quantitative estimate of drug-likeness (QED) is 0.205. The summed E-state index contributed by atoms with van der Waals surface area (Å²) in [5.41, 5.74) is 9.59. The molecule has 0 amide bonds. The molecule has 0 saturated carbocycles. The second-order valence-corrected chi connectivity index (χ2v) is 14.3. The van der Waals surface area contributed by atoms with Gasteiger partial charge < -0.3 is 0 Å². The molecule has 43 heavy (non-hydrogen) atoms. The van der Waals surface area contributed by atoms with Crippen LogP contribution in [0.3, 0.4) is 0 Å². The molecule has 218 valence electrons. The average Bonchev–Trinajstić information content (AvgIpc) is 3.33. The zero-order valence-corrected chi connectivity index (χ0v) is 27.2. The van der Waals surface area contributed by atoms with Crippen molar-refractivity contribution in [3.63, 3.8) is 0 Å². The Kier molecular flexibility index (Phi) is 6.78. The summed E-state index contributed by atoms with van der Waals surface area (Å²) in [7, 11) is 4.46. The number of nitrogens with zero attached hydrogens (tertiary/aromatic N) is 2. The van der Waals surface area contributed by atoms with E-state index in [1.807, 2.05) is 0 Å². The van der Waals surface area contributed by atoms with Crippen LogP contribution in [-0.4, -0.2) is 34.7 Å². The number of halogens is 1. The van der Waals surface area contributed by atoms with Crippen molar-refractivity contribution in [3.8, 4) is 0 Å². The third kappa shape index (κ3) is 4.36. The van der Waals surface area contributed by atoms with Gasteiger partial charge in [0.2, 0.25) is 11.4 Å². The molecule has 0 spiro atoms. The van der Waals surface area contributed by atoms with Crippen LogP contribution in [0.25, 0.3) is 21.5 Å². The Bertz CT molecular complexity index is 1930. The minimum Gasteiger partial charge on any atom is -0.202 e. The highest BCUT2D eigenvalue weighted by atomic mass is 35.5. The van der Waals surface area contributed by atoms with Gasteiger partial charge in [0.25, 0.3) is 0 Å². The highest BCUT2D eigenvalue weighted by Crippen LogP contribution is 2.46. The van der Waals surface area contributed by atoms with Crippen LogP contribution in [0.1, 0.15) is 70.9 Å². The van der Waals surface area contributed by atoms with Gasteiger partial charge in [0.05, 0.1) is 10.8 Å². The predicted molar refractivity (Wildman–Crippen MR) is 184 cm³/mol. The maximum absolute atomic E-state index is 7.25. The molecular formula is C40H43ClN2+2. The zero-order chi connectivity index (χ0) is 30.1. The summed E-state index contributed by atoms with van der Waals surface area (Å²) in [6.07, 6.45) is 10.2. The van der Waals surface area contributed by atoms with E-state index in [0.717, 1.165) is 24.3 Å². The Morgan fingerprint density at radius 1 is 0.744 bits per heavy atom. The average molecular weight is 587 g/mol. The van der Waals surface area contributed by atoms with Gasteiger partial charge in [-0.25, -0.2) is 4.58 Å². The van der Waals surface area contributed by atoms with Gasteiger partial charge >= 0.3 is 0 Å². The fourth-order valence-electron chi connectivity index (χ4n) is 8.55. The van der Waals surface area contributed by atoms with Crippen LogP contribution in [0.5, 0.6) is 0 Å². The van der Waals surface area contributed by atoms with Crippen molar-refractivity contribution in [1.82, 2.24) is 0 Å². The molecule has 4 aromatic carbocycles. The van der Waals surface area contributed by atoms with Gasteiger partial charge in [0.1, 0.15) is 14.1 Å². The second-order valence-electron chi connectivity index (χ2n) is 13.9. The molecule has 0 fully saturated rings. The first-order chi connectivity index (χ1) is 20.6. The van der Waals surface area contributed by atoms with E-state index in [0.29, 0.717) is 5.92 Å². The van der Waals surface area contributed by atoms with Crippen LogP contribution < -0.4 is 0 Å². The third-order valence-electron chi connectivity index (χ3n) is 10.8. The molecule has 2 nitrogen and oxygen atoms in total. The van der Waals surface area contributed by atoms with E-state index in [9.17, 15) is 0 Å². The maximum atomic E-state index is 7.25. The molecule has 1 aliphatic carbocycles. The highest BCUT2D eigenvalue weighted by molar-refractivity contribution is 6.30. The Morgan fingerprint density at radius 2 is 1.33 bits per heavy atom. The fraction of sp³-hybridized carbons (Fsp3) is 0.350. The Morgan fingerprint density at radius 3 is 1.98 bits per heavy atom. The van der Waals surface area contributed by atoms with Crippen molar-refractivity contribution in [2.75, 3.05) is 14.1 Å². The van der Waals surface area contributed by atoms with Gasteiger partial charge in [-0.1, -0.05) is 66.2 Å². The Hall–Kier alpha value is -3.49. The Balaban J connectivity index is 1.14. The van der Waals surface area contributed by atoms with Crippen LogP contribution in [0.15, 0.2) is 95.6 Å². The molecule has 7 rings (SSSR count). The van der Waals surface area contributed by atoms with E-state index < -0.39 is 0 Å². The smallest absolute Gasteiger partial charge is 0.202 e. The lowest BCUT2D eigenvalue weighted by Gasteiger charge is -2.25. The van der Waals surface area contributed by atoms with Crippen molar-refractivity contribution < 1.29 is 9.15 Å². The molecular weight excluding hydrogens is 544 g/mol. The summed E-state index contributed by atoms with van der Waals surface area (Å²) in [6.45, 7) is 9.53. The molecule has 1 unspecified atom stereocenters. The van der Waals surface area contributed by atoms with Gasteiger partial charge in [-0.15, -0.1) is 0 Å². The number of rotatable bonds is 5. The first-order valence-corrected chi connectivity index (χ1v) is 16.3. The fourth-order valence-corrected chi connectivity index (χ4v) is 8.93. The molecule has 2 aliphatic heterocycles. The van der Waals surface area contributed by atoms with E-state index in [1.54, 1.807) is 0 Å². The lowest BCUT2D eigenvalue weighted by molar-refractivity contribution is -0.404. The molecule has 2 heterocycles. The molecule has 0 bridgehead atoms. The third-order valence-corrected chi connectivity index (χ3v) is 11.3. The molecule has 3 aliphatic rings. The van der Waals surface area contributed by atoms with Gasteiger partial charge in [-0.3, -0.25) is 0 Å². The van der Waals surface area contributed by atoms with Crippen LogP contribution >= 0.6 is 11.6 Å². The van der Waals surface area contributed by atoms with Crippen molar-refractivity contribution >= 4 is 55.9 Å². The Labute approximate surface area is 261 Å². The highest BCUT2D eigenvalue weighted by Gasteiger charge is 2.46. The maximum Gasteiger partial charge on any atom is 0.210 e. The largest absolute Gasteiger partial charge is 0.210 e. The number of allylic oxidation sites excluding steroid dienone is 4. The van der Waals surface area contributed by atoms with E-state index in [4.69, 9.17) is 11.6 Å². The van der Waals surface area contributed by atoms with Gasteiger partial charge in [0.15, 0.2) is 11.4 Å². The summed E-state index contributed by atoms with van der Waals surface area (Å²) < 4.78 is 4.84. The summed E-state index contributed by atoms with van der Waals surface area (Å²) >= 11 is 7.25. The minimum absolute atomic E-state index is 0.00695. The lowest BCUT2D eigenvalue weighted by Crippen LogP contribution is -2.29. The minimum atomic E-state index is -0.0863. The summed E-state index contributed by atoms with van der Waals surface area (Å²) in [4.78, 5) is 0. The van der Waals surface area contributed by atoms with Crippen molar-refractivity contribution in [3.05, 3.63) is 107 Å². The standard InChI is InChI=1S/C40H43ClN2/c1-39(2)34(42(5)32-22-18-26-12-7-9-16-30(26)36(32)39)24-20-28-14-11-15-29(38(28)41)21-25-35-40(3,4)37-31-17-10-8-13-27(31)19-23-33(37)43(35)6/h7-10,12-13,16-20,22-24,29H,11,14-15,21,25H2,1-6H3/q+2. The molecule has 0 radical (unpaired) electrons. The summed E-state index contributed by atoms with van der Waals surface area (Å²) in [6, 6.07) is 26.7. The first kappa shape index (κ1) is 28.3. The molecule has 0 aromatic heterocycles. The van der Waals surface area contributed by atoms with E-state index in [-0.39, 0.29) is 10.8 Å². The van der Waals surface area contributed by atoms with Crippen LogP contribution in [0, 0.1) is 5.92 Å². The van der Waals surface area contributed by atoms with Gasteiger partial charge in [-0.05, 0) is 98.5 Å². The normalized spacial score (nSPS) is 21.0. The zero-order valence-electron chi connectivity index (χ0n) is 26.5. The van der Waals surface area contributed by atoms with Crippen LogP contribution in [-0.2, 0) is 10.8 Å². The van der Waals surface area contributed by atoms with Crippen LogP contribution in [0.4, 0.5) is 11.4 Å². The summed E-state index contributed by atoms with van der Waals surface area (Å²) in [5.74, 6) is 0.410. The number of hydrogen-bond donors (Lipinski definition) is 0. The molecule has 3 heteroatoms. The first-order valence-electron chi connectivity index (χ1n) is 15.9. The molecule has 4 aromatic rings. The van der Waals surface area contributed by atoms with Gasteiger partial charge in [0, 0.05) is 40.8 Å². The number of fused-ring (bicyclic) bond motifs is 6. The lowest BCUT2D eigenvalue weighted by atomic mass is 9.76. The summed E-state index contributed by atoms with van der Waals surface area (Å²) in [5, 5.41) is 6.43. The number of hydrogen-bond acceptors (Lipinski definition) is 0. The van der Waals surface area contributed by atoms with Crippen LogP contribution in [0.2, 0.25) is 0 Å². The predicted octanol–water partition coefficient (Wildman–Crippen LogP) is 10.3.